The molecule has 0 saturated heterocycles. The lowest BCUT2D eigenvalue weighted by atomic mass is 10.1. The number of aliphatic carboxylic acids is 1. The minimum absolute atomic E-state index is 0.130. The molecule has 3 unspecified atom stereocenters. The number of hydrogen-bond acceptors (Lipinski definition) is 8. The van der Waals surface area contributed by atoms with E-state index in [-0.39, 0.29) is 12.8 Å². The Morgan fingerprint density at radius 1 is 0.589 bits per heavy atom. The second-order valence-electron chi connectivity index (χ2n) is 13.8. The van der Waals surface area contributed by atoms with Gasteiger partial charge in [-0.15, -0.1) is 0 Å². The fraction of sp³-hybridized carbons (Fsp3) is 0.659. The van der Waals surface area contributed by atoms with Crippen molar-refractivity contribution in [3.05, 3.63) is 72.9 Å². The van der Waals surface area contributed by atoms with E-state index in [1.54, 1.807) is 0 Å². The van der Waals surface area contributed by atoms with Crippen molar-refractivity contribution in [1.82, 2.24) is 5.32 Å². The molecular formula is C44H74NO10P. The molecule has 3 atom stereocenters. The first-order valence-corrected chi connectivity index (χ1v) is 22.5. The summed E-state index contributed by atoms with van der Waals surface area (Å²) in [5.41, 5.74) is 0. The fourth-order valence-electron chi connectivity index (χ4n) is 5.22. The van der Waals surface area contributed by atoms with Crippen LogP contribution in [0, 0.1) is 0 Å². The van der Waals surface area contributed by atoms with Crippen LogP contribution in [0.5, 0.6) is 0 Å². The number of allylic oxidation sites excluding steroid dienone is 12. The Kier molecular flexibility index (Phi) is 36.6. The number of phosphoric ester groups is 1. The smallest absolute Gasteiger partial charge is 0.472 e. The number of ether oxygens (including phenoxy) is 1. The molecular weight excluding hydrogens is 733 g/mol. The molecule has 12 heteroatoms. The maximum atomic E-state index is 12.3. The molecule has 11 nitrogen and oxygen atoms in total. The highest BCUT2D eigenvalue weighted by Crippen LogP contribution is 2.43. The van der Waals surface area contributed by atoms with Crippen LogP contribution in [0.4, 0.5) is 0 Å². The molecule has 0 aromatic heterocycles. The number of carbonyl (C=O) groups is 3. The number of rotatable bonds is 38. The van der Waals surface area contributed by atoms with Gasteiger partial charge in [0.2, 0.25) is 5.91 Å². The quantitative estimate of drug-likeness (QED) is 0.0204. The van der Waals surface area contributed by atoms with Gasteiger partial charge in [0.1, 0.15) is 12.7 Å². The number of amides is 1. The summed E-state index contributed by atoms with van der Waals surface area (Å²) in [6, 6.07) is -1.56. The molecule has 0 saturated carbocycles. The molecule has 0 aliphatic carbocycles. The fourth-order valence-corrected chi connectivity index (χ4v) is 5.99. The number of carbonyl (C=O) groups excluding carboxylic acids is 2. The number of nitrogens with one attached hydrogen (secondary N) is 1. The summed E-state index contributed by atoms with van der Waals surface area (Å²) in [5.74, 6) is -2.43. The Morgan fingerprint density at radius 3 is 1.59 bits per heavy atom. The third kappa shape index (κ3) is 37.8. The Labute approximate surface area is 338 Å². The third-order valence-electron chi connectivity index (χ3n) is 8.48. The van der Waals surface area contributed by atoms with Gasteiger partial charge in [0.05, 0.1) is 13.2 Å². The van der Waals surface area contributed by atoms with E-state index in [1.165, 1.54) is 25.7 Å². The van der Waals surface area contributed by atoms with E-state index in [0.29, 0.717) is 12.8 Å². The summed E-state index contributed by atoms with van der Waals surface area (Å²) < 4.78 is 26.8. The van der Waals surface area contributed by atoms with E-state index in [2.05, 4.69) is 92.1 Å². The van der Waals surface area contributed by atoms with E-state index < -0.39 is 57.6 Å². The summed E-state index contributed by atoms with van der Waals surface area (Å²) in [4.78, 5) is 45.8. The molecule has 320 valence electrons. The lowest BCUT2D eigenvalue weighted by molar-refractivity contribution is -0.147. The Bertz CT molecular complexity index is 1230. The number of phosphoric acid groups is 1. The number of hydrogen-bond donors (Lipinski definition) is 4. The second kappa shape index (κ2) is 38.8. The summed E-state index contributed by atoms with van der Waals surface area (Å²) in [6.07, 6.45) is 45.0. The molecule has 0 aliphatic heterocycles. The summed E-state index contributed by atoms with van der Waals surface area (Å²) >= 11 is 0. The minimum atomic E-state index is -4.77. The van der Waals surface area contributed by atoms with Gasteiger partial charge in [-0.1, -0.05) is 132 Å². The molecule has 0 rings (SSSR count). The molecule has 0 fully saturated rings. The molecule has 0 radical (unpaired) electrons. The SMILES string of the molecule is CC/C=C\C/C=C\C/C=C\C/C=C\C/C=C\CCCCCC(=O)OCC(O)COP(=O)(O)OCC(NC(=O)CCCCCCC/C=C\CCCCCC)C(=O)O. The number of carboxylic acids is 1. The first kappa shape index (κ1) is 52.9. The summed E-state index contributed by atoms with van der Waals surface area (Å²) in [5, 5.41) is 21.8. The van der Waals surface area contributed by atoms with E-state index in [9.17, 15) is 34.1 Å². The van der Waals surface area contributed by atoms with Crippen molar-refractivity contribution in [1.29, 1.82) is 0 Å². The van der Waals surface area contributed by atoms with Crippen molar-refractivity contribution in [2.45, 2.75) is 167 Å². The lowest BCUT2D eigenvalue weighted by Gasteiger charge is -2.18. The number of carboxylic acid groups (broad SMARTS) is 1. The van der Waals surface area contributed by atoms with Crippen molar-refractivity contribution in [3.8, 4) is 0 Å². The number of unbranched alkanes of at least 4 members (excludes halogenated alkanes) is 12. The lowest BCUT2D eigenvalue weighted by Crippen LogP contribution is -2.43. The van der Waals surface area contributed by atoms with Gasteiger partial charge in [-0.25, -0.2) is 9.36 Å². The zero-order chi connectivity index (χ0) is 41.4. The monoisotopic (exact) mass is 808 g/mol. The zero-order valence-electron chi connectivity index (χ0n) is 34.4. The van der Waals surface area contributed by atoms with Gasteiger partial charge < -0.3 is 25.2 Å². The van der Waals surface area contributed by atoms with E-state index in [4.69, 9.17) is 13.8 Å². The van der Waals surface area contributed by atoms with E-state index in [0.717, 1.165) is 89.9 Å². The van der Waals surface area contributed by atoms with Gasteiger partial charge in [-0.3, -0.25) is 18.6 Å². The van der Waals surface area contributed by atoms with Crippen LogP contribution in [0.15, 0.2) is 72.9 Å². The Hall–Kier alpha value is -3.08. The van der Waals surface area contributed by atoms with Crippen LogP contribution < -0.4 is 5.32 Å². The maximum absolute atomic E-state index is 12.3. The van der Waals surface area contributed by atoms with Gasteiger partial charge in [-0.05, 0) is 83.5 Å². The number of aliphatic hydroxyl groups is 1. The van der Waals surface area contributed by atoms with Crippen molar-refractivity contribution < 1.29 is 47.8 Å². The number of esters is 1. The molecule has 0 aliphatic rings. The first-order valence-electron chi connectivity index (χ1n) is 21.0. The minimum Gasteiger partial charge on any atom is -0.480 e. The predicted octanol–water partition coefficient (Wildman–Crippen LogP) is 10.6. The van der Waals surface area contributed by atoms with Crippen molar-refractivity contribution in [2.75, 3.05) is 19.8 Å². The van der Waals surface area contributed by atoms with Crippen molar-refractivity contribution >= 4 is 25.7 Å². The first-order chi connectivity index (χ1) is 27.1. The molecule has 1 amide bonds. The topological polar surface area (TPSA) is 169 Å². The predicted molar refractivity (Wildman–Crippen MR) is 226 cm³/mol. The Morgan fingerprint density at radius 2 is 1.04 bits per heavy atom. The molecule has 0 aromatic carbocycles. The molecule has 0 spiro atoms. The third-order valence-corrected chi connectivity index (χ3v) is 9.43. The van der Waals surface area contributed by atoms with Crippen molar-refractivity contribution in [2.24, 2.45) is 0 Å². The molecule has 0 heterocycles. The summed E-state index contributed by atoms with van der Waals surface area (Å²) in [6.45, 7) is 2.40. The Balaban J connectivity index is 3.99. The van der Waals surface area contributed by atoms with Crippen LogP contribution in [0.1, 0.15) is 155 Å². The van der Waals surface area contributed by atoms with E-state index >= 15 is 0 Å². The molecule has 56 heavy (non-hydrogen) atoms. The van der Waals surface area contributed by atoms with Crippen LogP contribution in [0.25, 0.3) is 0 Å². The highest BCUT2D eigenvalue weighted by atomic mass is 31.2. The van der Waals surface area contributed by atoms with Crippen LogP contribution in [-0.4, -0.2) is 64.9 Å². The van der Waals surface area contributed by atoms with Gasteiger partial charge >= 0.3 is 19.8 Å². The largest absolute Gasteiger partial charge is 0.480 e. The molecule has 0 bridgehead atoms. The molecule has 0 aromatic rings. The highest BCUT2D eigenvalue weighted by molar-refractivity contribution is 7.47. The van der Waals surface area contributed by atoms with Gasteiger partial charge in [0.15, 0.2) is 6.04 Å². The summed E-state index contributed by atoms with van der Waals surface area (Å²) in [7, 11) is -4.77. The number of aliphatic hydroxyl groups excluding tert-OH is 1. The van der Waals surface area contributed by atoms with Crippen LogP contribution in [0.2, 0.25) is 0 Å². The van der Waals surface area contributed by atoms with Crippen molar-refractivity contribution in [3.63, 3.8) is 0 Å². The standard InChI is InChI=1S/C44H74NO10P/c1-3-5-7-9-11-13-15-17-18-19-20-21-22-24-26-28-30-32-34-36-43(48)53-37-40(46)38-54-56(51,52)55-39-41(44(49)50)45-42(47)35-33-31-29-27-25-23-16-14-12-10-8-6-4-2/h5,7,11,13-14,16-18,20-21,24,26,40-41,46H,3-4,6,8-10,12,15,19,22-23,25,27-39H2,1-2H3,(H,45,47)(H,49,50)(H,51,52)/b7-5-,13-11-,16-14-,18-17-,21-20-,26-24-. The average molecular weight is 808 g/mol. The van der Waals surface area contributed by atoms with Gasteiger partial charge in [0, 0.05) is 12.8 Å². The van der Waals surface area contributed by atoms with Crippen LogP contribution >= 0.6 is 7.82 Å². The zero-order valence-corrected chi connectivity index (χ0v) is 35.3. The van der Waals surface area contributed by atoms with Crippen LogP contribution in [0.3, 0.4) is 0 Å². The van der Waals surface area contributed by atoms with E-state index in [1.807, 2.05) is 0 Å². The van der Waals surface area contributed by atoms with Gasteiger partial charge in [0.25, 0.3) is 0 Å². The highest BCUT2D eigenvalue weighted by Gasteiger charge is 2.28. The van der Waals surface area contributed by atoms with Crippen LogP contribution in [-0.2, 0) is 32.7 Å². The average Bonchev–Trinajstić information content (AvgIpc) is 3.17. The second-order valence-corrected chi connectivity index (χ2v) is 15.2. The molecule has 4 N–H and O–H groups in total. The van der Waals surface area contributed by atoms with Gasteiger partial charge in [-0.2, -0.15) is 0 Å². The maximum Gasteiger partial charge on any atom is 0.472 e. The normalized spacial score (nSPS) is 14.5.